The summed E-state index contributed by atoms with van der Waals surface area (Å²) in [5, 5.41) is 4.55. The number of ether oxygens (including phenoxy) is 1. The summed E-state index contributed by atoms with van der Waals surface area (Å²) in [6.07, 6.45) is -8.96. The molecule has 1 heterocycles. The minimum Gasteiger partial charge on any atom is -0.362 e. The van der Waals surface area contributed by atoms with Crippen molar-refractivity contribution in [3.8, 4) is 0 Å². The number of halogens is 6. The Hall–Kier alpha value is -1.03. The Bertz CT molecular complexity index is 323. The third-order valence-electron chi connectivity index (χ3n) is 2.67. The number of alkyl halides is 6. The molecule has 2 unspecified atom stereocenters. The summed E-state index contributed by atoms with van der Waals surface area (Å²) < 4.78 is 76.4. The van der Waals surface area contributed by atoms with Crippen LogP contribution in [-0.2, 0) is 9.53 Å². The zero-order valence-corrected chi connectivity index (χ0v) is 10.3. The van der Waals surface area contributed by atoms with Gasteiger partial charge in [-0.05, 0) is 12.8 Å². The van der Waals surface area contributed by atoms with Crippen molar-refractivity contribution in [3.63, 3.8) is 0 Å². The zero-order chi connectivity index (χ0) is 15.4. The highest BCUT2D eigenvalue weighted by atomic mass is 19.4. The first-order valence-corrected chi connectivity index (χ1v) is 5.82. The van der Waals surface area contributed by atoms with Gasteiger partial charge in [-0.25, -0.2) is 0 Å². The molecule has 0 aromatic heterocycles. The first-order chi connectivity index (χ1) is 9.08. The van der Waals surface area contributed by atoms with E-state index < -0.39 is 43.6 Å². The van der Waals surface area contributed by atoms with Crippen molar-refractivity contribution >= 4 is 5.91 Å². The quantitative estimate of drug-likeness (QED) is 0.771. The molecule has 2 N–H and O–H groups in total. The number of nitrogens with one attached hydrogen (secondary N) is 2. The minimum absolute atomic E-state index is 0.0881. The average Bonchev–Trinajstić information content (AvgIpc) is 2.26. The molecule has 0 saturated carbocycles. The zero-order valence-electron chi connectivity index (χ0n) is 10.3. The van der Waals surface area contributed by atoms with Gasteiger partial charge >= 0.3 is 12.4 Å². The molecule has 0 radical (unpaired) electrons. The first kappa shape index (κ1) is 17.0. The van der Waals surface area contributed by atoms with E-state index in [0.29, 0.717) is 0 Å². The lowest BCUT2D eigenvalue weighted by atomic mass is 10.0. The van der Waals surface area contributed by atoms with Gasteiger partial charge in [0.1, 0.15) is 19.3 Å². The number of carbonyl (C=O) groups excluding carboxylic acids is 1. The number of rotatable bonds is 4. The topological polar surface area (TPSA) is 50.4 Å². The number of hydrogen-bond donors (Lipinski definition) is 2. The Morgan fingerprint density at radius 2 is 1.85 bits per heavy atom. The van der Waals surface area contributed by atoms with Crippen molar-refractivity contribution in [1.29, 1.82) is 0 Å². The SMILES string of the molecule is O=C(COCC(F)(F)F)NC1CCC(C(F)(F)F)NC1. The average molecular weight is 308 g/mol. The lowest BCUT2D eigenvalue weighted by Crippen LogP contribution is -2.54. The molecule has 1 amide bonds. The summed E-state index contributed by atoms with van der Waals surface area (Å²) in [7, 11) is 0. The van der Waals surface area contributed by atoms with E-state index in [-0.39, 0.29) is 19.4 Å². The molecule has 0 aromatic rings. The van der Waals surface area contributed by atoms with Crippen LogP contribution in [0.15, 0.2) is 0 Å². The van der Waals surface area contributed by atoms with Crippen LogP contribution in [0.5, 0.6) is 0 Å². The Kier molecular flexibility index (Phi) is 5.63. The van der Waals surface area contributed by atoms with E-state index in [2.05, 4.69) is 15.4 Å². The fraction of sp³-hybridized carbons (Fsp3) is 0.900. The van der Waals surface area contributed by atoms with Crippen LogP contribution < -0.4 is 10.6 Å². The molecule has 1 saturated heterocycles. The Morgan fingerprint density at radius 1 is 1.20 bits per heavy atom. The molecule has 1 aliphatic heterocycles. The van der Waals surface area contributed by atoms with Crippen molar-refractivity contribution in [2.45, 2.75) is 37.3 Å². The second-order valence-electron chi connectivity index (χ2n) is 4.45. The molecule has 118 valence electrons. The van der Waals surface area contributed by atoms with Gasteiger partial charge < -0.3 is 15.4 Å². The lowest BCUT2D eigenvalue weighted by molar-refractivity contribution is -0.175. The number of carbonyl (C=O) groups is 1. The fourth-order valence-corrected chi connectivity index (χ4v) is 1.79. The van der Waals surface area contributed by atoms with Gasteiger partial charge in [0.25, 0.3) is 0 Å². The van der Waals surface area contributed by atoms with Crippen LogP contribution in [0.1, 0.15) is 12.8 Å². The van der Waals surface area contributed by atoms with Crippen molar-refractivity contribution in [3.05, 3.63) is 0 Å². The highest BCUT2D eigenvalue weighted by Crippen LogP contribution is 2.26. The van der Waals surface area contributed by atoms with E-state index in [1.165, 1.54) is 0 Å². The second kappa shape index (κ2) is 6.61. The van der Waals surface area contributed by atoms with Gasteiger partial charge in [0, 0.05) is 12.6 Å². The van der Waals surface area contributed by atoms with Crippen molar-refractivity contribution in [2.24, 2.45) is 0 Å². The van der Waals surface area contributed by atoms with Crippen LogP contribution in [0.4, 0.5) is 26.3 Å². The molecule has 10 heteroatoms. The maximum absolute atomic E-state index is 12.3. The monoisotopic (exact) mass is 308 g/mol. The first-order valence-electron chi connectivity index (χ1n) is 5.82. The van der Waals surface area contributed by atoms with Crippen LogP contribution in [0.25, 0.3) is 0 Å². The molecule has 20 heavy (non-hydrogen) atoms. The van der Waals surface area contributed by atoms with E-state index in [1.54, 1.807) is 0 Å². The summed E-state index contributed by atoms with van der Waals surface area (Å²) in [5.74, 6) is -0.786. The standard InChI is InChI=1S/C10H14F6N2O2/c11-9(12,13)5-20-4-8(19)18-6-1-2-7(17-3-6)10(14,15)16/h6-7,17H,1-5H2,(H,18,19). The number of hydrogen-bond acceptors (Lipinski definition) is 3. The van der Waals surface area contributed by atoms with Gasteiger partial charge in [0.15, 0.2) is 0 Å². The maximum atomic E-state index is 12.3. The third kappa shape index (κ3) is 6.42. The van der Waals surface area contributed by atoms with Gasteiger partial charge in [-0.1, -0.05) is 0 Å². The van der Waals surface area contributed by atoms with Gasteiger partial charge in [0.2, 0.25) is 5.91 Å². The van der Waals surface area contributed by atoms with Gasteiger partial charge in [-0.2, -0.15) is 26.3 Å². The van der Waals surface area contributed by atoms with Crippen LogP contribution in [0.3, 0.4) is 0 Å². The summed E-state index contributed by atoms with van der Waals surface area (Å²) in [6, 6.07) is -2.16. The predicted octanol–water partition coefficient (Wildman–Crippen LogP) is 1.36. The molecule has 0 spiro atoms. The summed E-state index contributed by atoms with van der Waals surface area (Å²) in [6.45, 7) is -2.41. The van der Waals surface area contributed by atoms with Gasteiger partial charge in [-0.3, -0.25) is 4.79 Å². The third-order valence-corrected chi connectivity index (χ3v) is 2.67. The normalized spacial score (nSPS) is 24.5. The van der Waals surface area contributed by atoms with Crippen molar-refractivity contribution < 1.29 is 35.9 Å². The number of amides is 1. The highest BCUT2D eigenvalue weighted by Gasteiger charge is 2.41. The van der Waals surface area contributed by atoms with Crippen LogP contribution >= 0.6 is 0 Å². The van der Waals surface area contributed by atoms with E-state index in [4.69, 9.17) is 0 Å². The molecule has 0 aliphatic carbocycles. The van der Waals surface area contributed by atoms with E-state index in [0.717, 1.165) is 0 Å². The fourth-order valence-electron chi connectivity index (χ4n) is 1.79. The summed E-state index contributed by atoms with van der Waals surface area (Å²) >= 11 is 0. The Morgan fingerprint density at radius 3 is 2.30 bits per heavy atom. The Balaban J connectivity index is 2.22. The predicted molar refractivity (Wildman–Crippen MR) is 55.9 cm³/mol. The molecule has 1 rings (SSSR count). The molecule has 1 aliphatic rings. The molecule has 1 fully saturated rings. The minimum atomic E-state index is -4.52. The van der Waals surface area contributed by atoms with Gasteiger partial charge in [-0.15, -0.1) is 0 Å². The Labute approximate surface area is 110 Å². The summed E-state index contributed by atoms with van der Waals surface area (Å²) in [4.78, 5) is 11.2. The van der Waals surface area contributed by atoms with Gasteiger partial charge in [0.05, 0.1) is 0 Å². The molecular formula is C10H14F6N2O2. The molecule has 4 nitrogen and oxygen atoms in total. The van der Waals surface area contributed by atoms with Crippen molar-refractivity contribution in [2.75, 3.05) is 19.8 Å². The van der Waals surface area contributed by atoms with E-state index in [1.807, 2.05) is 0 Å². The molecule has 0 bridgehead atoms. The van der Waals surface area contributed by atoms with Crippen LogP contribution in [-0.4, -0.2) is 50.1 Å². The van der Waals surface area contributed by atoms with E-state index in [9.17, 15) is 31.1 Å². The summed E-state index contributed by atoms with van der Waals surface area (Å²) in [5.41, 5.74) is 0. The molecular weight excluding hydrogens is 294 g/mol. The smallest absolute Gasteiger partial charge is 0.362 e. The van der Waals surface area contributed by atoms with Crippen LogP contribution in [0.2, 0.25) is 0 Å². The largest absolute Gasteiger partial charge is 0.411 e. The molecule has 2 atom stereocenters. The van der Waals surface area contributed by atoms with Crippen molar-refractivity contribution in [1.82, 2.24) is 10.6 Å². The van der Waals surface area contributed by atoms with E-state index >= 15 is 0 Å². The highest BCUT2D eigenvalue weighted by molar-refractivity contribution is 5.77. The molecule has 0 aromatic carbocycles. The second-order valence-corrected chi connectivity index (χ2v) is 4.45. The lowest BCUT2D eigenvalue weighted by Gasteiger charge is -2.31. The number of piperidine rings is 1. The maximum Gasteiger partial charge on any atom is 0.411 e. The van der Waals surface area contributed by atoms with Crippen LogP contribution in [0, 0.1) is 0 Å².